The molecule has 0 spiro atoms. The summed E-state index contributed by atoms with van der Waals surface area (Å²) in [4.78, 5) is 18.8. The van der Waals surface area contributed by atoms with Gasteiger partial charge < -0.3 is 4.90 Å². The number of amides is 1. The lowest BCUT2D eigenvalue weighted by molar-refractivity contribution is -0.142. The second-order valence-electron chi connectivity index (χ2n) is 8.33. The van der Waals surface area contributed by atoms with E-state index in [1.54, 1.807) is 30.1 Å². The molecule has 11 heteroatoms. The number of nitrogens with zero attached hydrogens (tertiary/aromatic N) is 6. The predicted molar refractivity (Wildman–Crippen MR) is 132 cm³/mol. The van der Waals surface area contributed by atoms with E-state index in [1.807, 2.05) is 37.3 Å². The van der Waals surface area contributed by atoms with Crippen LogP contribution < -0.4 is 0 Å². The molecule has 0 saturated carbocycles. The van der Waals surface area contributed by atoms with E-state index in [4.69, 9.17) is 0 Å². The number of hydrogen-bond donors (Lipinski definition) is 0. The maximum absolute atomic E-state index is 14.0. The van der Waals surface area contributed by atoms with Crippen molar-refractivity contribution in [3.8, 4) is 11.3 Å². The van der Waals surface area contributed by atoms with Crippen LogP contribution in [-0.4, -0.2) is 42.2 Å². The molecule has 3 aromatic heterocycles. The maximum Gasteiger partial charge on any atom is 0.433 e. The Morgan fingerprint density at radius 2 is 1.81 bits per heavy atom. The summed E-state index contributed by atoms with van der Waals surface area (Å²) in [5.74, 6) is -0.543. The Balaban J connectivity index is 1.54. The van der Waals surface area contributed by atoms with Crippen molar-refractivity contribution in [3.63, 3.8) is 0 Å². The van der Waals surface area contributed by atoms with Crippen molar-refractivity contribution in [3.05, 3.63) is 82.3 Å². The minimum atomic E-state index is -4.71. The first-order chi connectivity index (χ1) is 17.1. The van der Waals surface area contributed by atoms with Crippen LogP contribution in [0.3, 0.4) is 0 Å². The number of carbonyl (C=O) groups is 1. The molecule has 5 rings (SSSR count). The number of fused-ring (bicyclic) bond motifs is 2. The smallest absolute Gasteiger partial charge is 0.334 e. The van der Waals surface area contributed by atoms with Gasteiger partial charge in [-0.25, -0.2) is 9.50 Å². The van der Waals surface area contributed by atoms with Crippen molar-refractivity contribution in [1.29, 1.82) is 0 Å². The highest BCUT2D eigenvalue weighted by atomic mass is 79.9. The standard InChI is InChI=1S/C25H20BrF3N6O/c1-3-34-13-18(26)21(31-34)14-33(2)24(36)20-12-23-30-19(11-22(25(27,28)29)35(23)32-20)17-9-8-15-6-4-5-7-16(15)10-17/h4-13H,3,14H2,1-2H3. The normalized spacial score (nSPS) is 11.9. The molecule has 0 radical (unpaired) electrons. The number of halogens is 4. The average Bonchev–Trinajstić information content (AvgIpc) is 3.44. The van der Waals surface area contributed by atoms with E-state index in [-0.39, 0.29) is 23.6 Å². The summed E-state index contributed by atoms with van der Waals surface area (Å²) in [6.45, 7) is 2.75. The zero-order valence-corrected chi connectivity index (χ0v) is 20.9. The molecule has 3 heterocycles. The van der Waals surface area contributed by atoms with Crippen molar-refractivity contribution in [1.82, 2.24) is 29.3 Å². The first kappa shape index (κ1) is 24.0. The summed E-state index contributed by atoms with van der Waals surface area (Å²) in [6, 6.07) is 15.1. The lowest BCUT2D eigenvalue weighted by Gasteiger charge is -2.14. The molecule has 5 aromatic rings. The van der Waals surface area contributed by atoms with Gasteiger partial charge in [0.15, 0.2) is 17.0 Å². The number of rotatable bonds is 5. The molecule has 0 aliphatic heterocycles. The zero-order valence-electron chi connectivity index (χ0n) is 19.3. The molecule has 0 aliphatic rings. The van der Waals surface area contributed by atoms with Crippen LogP contribution in [0.2, 0.25) is 0 Å². The van der Waals surface area contributed by atoms with E-state index >= 15 is 0 Å². The number of aromatic nitrogens is 5. The number of carbonyl (C=O) groups excluding carboxylic acids is 1. The molecular formula is C25H20BrF3N6O. The largest absolute Gasteiger partial charge is 0.433 e. The Morgan fingerprint density at radius 3 is 2.50 bits per heavy atom. The van der Waals surface area contributed by atoms with Gasteiger partial charge in [-0.05, 0) is 45.8 Å². The molecule has 0 atom stereocenters. The van der Waals surface area contributed by atoms with E-state index in [0.29, 0.717) is 22.3 Å². The van der Waals surface area contributed by atoms with E-state index in [0.717, 1.165) is 21.3 Å². The highest BCUT2D eigenvalue weighted by Crippen LogP contribution is 2.33. The van der Waals surface area contributed by atoms with Crippen molar-refractivity contribution in [2.24, 2.45) is 0 Å². The topological polar surface area (TPSA) is 68.3 Å². The Hall–Kier alpha value is -3.73. The van der Waals surface area contributed by atoms with Crippen LogP contribution in [-0.2, 0) is 19.3 Å². The summed E-state index contributed by atoms with van der Waals surface area (Å²) in [5.41, 5.74) is 0.0791. The van der Waals surface area contributed by atoms with Crippen LogP contribution >= 0.6 is 15.9 Å². The number of benzene rings is 2. The molecule has 0 saturated heterocycles. The fourth-order valence-electron chi connectivity index (χ4n) is 3.98. The summed E-state index contributed by atoms with van der Waals surface area (Å²) < 4.78 is 45.1. The number of hydrogen-bond acceptors (Lipinski definition) is 4. The number of alkyl halides is 3. The average molecular weight is 557 g/mol. The van der Waals surface area contributed by atoms with E-state index < -0.39 is 17.8 Å². The summed E-state index contributed by atoms with van der Waals surface area (Å²) >= 11 is 3.42. The molecule has 184 valence electrons. The van der Waals surface area contributed by atoms with Gasteiger partial charge >= 0.3 is 6.18 Å². The van der Waals surface area contributed by atoms with E-state index in [2.05, 4.69) is 31.1 Å². The predicted octanol–water partition coefficient (Wildman–Crippen LogP) is 5.82. The minimum absolute atomic E-state index is 0.0684. The van der Waals surface area contributed by atoms with Crippen LogP contribution in [0.5, 0.6) is 0 Å². The van der Waals surface area contributed by atoms with Gasteiger partial charge in [0.25, 0.3) is 5.91 Å². The third-order valence-corrected chi connectivity index (χ3v) is 6.49. The van der Waals surface area contributed by atoms with Crippen LogP contribution in [0.25, 0.3) is 27.7 Å². The Labute approximate surface area is 212 Å². The minimum Gasteiger partial charge on any atom is -0.334 e. The summed E-state index contributed by atoms with van der Waals surface area (Å²) in [6.07, 6.45) is -2.91. The molecule has 36 heavy (non-hydrogen) atoms. The molecule has 0 fully saturated rings. The Morgan fingerprint density at radius 1 is 1.06 bits per heavy atom. The molecule has 0 unspecified atom stereocenters. The molecule has 7 nitrogen and oxygen atoms in total. The van der Waals surface area contributed by atoms with Crippen LogP contribution in [0.4, 0.5) is 13.2 Å². The highest BCUT2D eigenvalue weighted by molar-refractivity contribution is 9.10. The van der Waals surface area contributed by atoms with Crippen molar-refractivity contribution >= 4 is 38.3 Å². The van der Waals surface area contributed by atoms with Crippen molar-refractivity contribution < 1.29 is 18.0 Å². The summed E-state index contributed by atoms with van der Waals surface area (Å²) in [7, 11) is 1.54. The first-order valence-corrected chi connectivity index (χ1v) is 11.9. The molecule has 0 N–H and O–H groups in total. The third kappa shape index (κ3) is 4.46. The second kappa shape index (κ2) is 9.05. The van der Waals surface area contributed by atoms with E-state index in [9.17, 15) is 18.0 Å². The Bertz CT molecular complexity index is 1610. The Kier molecular flexibility index (Phi) is 6.03. The van der Waals surface area contributed by atoms with Gasteiger partial charge in [-0.2, -0.15) is 23.4 Å². The summed E-state index contributed by atoms with van der Waals surface area (Å²) in [5, 5.41) is 10.2. The van der Waals surface area contributed by atoms with Gasteiger partial charge in [-0.3, -0.25) is 9.48 Å². The lowest BCUT2D eigenvalue weighted by atomic mass is 10.0. The van der Waals surface area contributed by atoms with E-state index in [1.165, 1.54) is 11.0 Å². The maximum atomic E-state index is 14.0. The molecule has 1 amide bonds. The van der Waals surface area contributed by atoms with Crippen molar-refractivity contribution in [2.75, 3.05) is 7.05 Å². The van der Waals surface area contributed by atoms with Gasteiger partial charge in [-0.1, -0.05) is 36.4 Å². The van der Waals surface area contributed by atoms with Gasteiger partial charge in [0.2, 0.25) is 0 Å². The molecule has 2 aromatic carbocycles. The lowest BCUT2D eigenvalue weighted by Crippen LogP contribution is -2.27. The van der Waals surface area contributed by atoms with Gasteiger partial charge in [-0.15, -0.1) is 0 Å². The second-order valence-corrected chi connectivity index (χ2v) is 9.18. The molecular weight excluding hydrogens is 537 g/mol. The van der Waals surface area contributed by atoms with Gasteiger partial charge in [0.05, 0.1) is 22.4 Å². The first-order valence-electron chi connectivity index (χ1n) is 11.1. The fraction of sp³-hybridized carbons (Fsp3) is 0.200. The van der Waals surface area contributed by atoms with Crippen LogP contribution in [0.1, 0.15) is 28.8 Å². The fourth-order valence-corrected chi connectivity index (χ4v) is 4.42. The van der Waals surface area contributed by atoms with Crippen molar-refractivity contribution in [2.45, 2.75) is 26.2 Å². The molecule has 0 bridgehead atoms. The van der Waals surface area contributed by atoms with Crippen LogP contribution in [0.15, 0.2) is 65.3 Å². The highest BCUT2D eigenvalue weighted by Gasteiger charge is 2.36. The monoisotopic (exact) mass is 556 g/mol. The van der Waals surface area contributed by atoms with Gasteiger partial charge in [0.1, 0.15) is 0 Å². The third-order valence-electron chi connectivity index (χ3n) is 5.83. The zero-order chi connectivity index (χ0) is 25.6. The quantitative estimate of drug-likeness (QED) is 0.273. The SMILES string of the molecule is CCn1cc(Br)c(CN(C)C(=O)c2cc3nc(-c4ccc5ccccc5c4)cc(C(F)(F)F)n3n2)n1. The van der Waals surface area contributed by atoms with Gasteiger partial charge in [0, 0.05) is 31.4 Å². The van der Waals surface area contributed by atoms with Crippen LogP contribution in [0, 0.1) is 0 Å². The molecule has 0 aliphatic carbocycles. The number of aryl methyl sites for hydroxylation is 1.